The molecule has 5 aliphatic rings. The van der Waals surface area contributed by atoms with Crippen LogP contribution in [-0.2, 0) is 0 Å². The molecule has 4 fully saturated rings. The third-order valence-electron chi connectivity index (χ3n) is 6.00. The van der Waals surface area contributed by atoms with Crippen LogP contribution in [0.3, 0.4) is 0 Å². The summed E-state index contributed by atoms with van der Waals surface area (Å²) >= 11 is 0. The van der Waals surface area contributed by atoms with E-state index in [0.29, 0.717) is 24.2 Å². The zero-order chi connectivity index (χ0) is 15.9. The Morgan fingerprint density at radius 2 is 1.04 bits per heavy atom. The predicted molar refractivity (Wildman–Crippen MR) is 97.0 cm³/mol. The molecule has 5 heterocycles. The fourth-order valence-corrected chi connectivity index (χ4v) is 4.79. The minimum atomic E-state index is 0.497. The van der Waals surface area contributed by atoms with Gasteiger partial charge in [0.15, 0.2) is 0 Å². The molecule has 8 bridgehead atoms. The molecular weight excluding hydrogens is 296 g/mol. The average molecular weight is 324 g/mol. The van der Waals surface area contributed by atoms with Gasteiger partial charge in [-0.2, -0.15) is 0 Å². The van der Waals surface area contributed by atoms with Crippen molar-refractivity contribution in [3.8, 4) is 0 Å². The second-order valence-corrected chi connectivity index (χ2v) is 7.93. The van der Waals surface area contributed by atoms with Crippen LogP contribution in [0.2, 0.25) is 0 Å². The molecule has 4 nitrogen and oxygen atoms in total. The summed E-state index contributed by atoms with van der Waals surface area (Å²) in [5.74, 6) is 0. The van der Waals surface area contributed by atoms with Crippen LogP contribution in [0.4, 0.5) is 0 Å². The molecule has 0 amide bonds. The Labute approximate surface area is 144 Å². The molecule has 0 aromatic heterocycles. The molecule has 0 spiro atoms. The van der Waals surface area contributed by atoms with E-state index in [4.69, 9.17) is 0 Å². The highest BCUT2D eigenvalue weighted by Crippen LogP contribution is 2.27. The highest BCUT2D eigenvalue weighted by molar-refractivity contribution is 5.27. The Kier molecular flexibility index (Phi) is 3.66. The van der Waals surface area contributed by atoms with Gasteiger partial charge >= 0.3 is 0 Å². The molecule has 0 aromatic carbocycles. The number of hydrogen-bond donors (Lipinski definition) is 4. The lowest BCUT2D eigenvalue weighted by atomic mass is 10.1. The summed E-state index contributed by atoms with van der Waals surface area (Å²) in [5, 5.41) is 14.9. The van der Waals surface area contributed by atoms with Crippen molar-refractivity contribution in [1.29, 1.82) is 0 Å². The average Bonchev–Trinajstić information content (AvgIpc) is 3.32. The minimum absolute atomic E-state index is 0.497. The third kappa shape index (κ3) is 3.00. The summed E-state index contributed by atoms with van der Waals surface area (Å²) in [4.78, 5) is 0. The Balaban J connectivity index is 1.43. The lowest BCUT2D eigenvalue weighted by molar-refractivity contribution is 0.657. The summed E-state index contributed by atoms with van der Waals surface area (Å²) in [6.07, 6.45) is 19.4. The van der Waals surface area contributed by atoms with Gasteiger partial charge in [0, 0.05) is 47.0 Å². The highest BCUT2D eigenvalue weighted by Gasteiger charge is 2.26. The smallest absolute Gasteiger partial charge is 0.0464 e. The largest absolute Gasteiger partial charge is 0.382 e. The van der Waals surface area contributed by atoms with Crippen molar-refractivity contribution in [3.63, 3.8) is 0 Å². The summed E-state index contributed by atoms with van der Waals surface area (Å²) in [6, 6.07) is 2.05. The normalized spacial score (nSPS) is 46.3. The maximum Gasteiger partial charge on any atom is 0.0464 e. The molecule has 5 aliphatic heterocycles. The Morgan fingerprint density at radius 1 is 0.542 bits per heavy atom. The highest BCUT2D eigenvalue weighted by atomic mass is 15.0. The van der Waals surface area contributed by atoms with Crippen LogP contribution in [0.25, 0.3) is 0 Å². The van der Waals surface area contributed by atoms with E-state index in [1.54, 1.807) is 0 Å². The molecule has 0 saturated carbocycles. The van der Waals surface area contributed by atoms with Crippen LogP contribution in [0.15, 0.2) is 47.1 Å². The van der Waals surface area contributed by atoms with Crippen LogP contribution in [-0.4, -0.2) is 24.2 Å². The van der Waals surface area contributed by atoms with Crippen molar-refractivity contribution in [3.05, 3.63) is 47.1 Å². The number of hydrogen-bond acceptors (Lipinski definition) is 4. The molecule has 4 heteroatoms. The van der Waals surface area contributed by atoms with E-state index >= 15 is 0 Å². The first-order valence-corrected chi connectivity index (χ1v) is 9.69. The van der Waals surface area contributed by atoms with Gasteiger partial charge in [-0.3, -0.25) is 0 Å². The van der Waals surface area contributed by atoms with Gasteiger partial charge in [0.05, 0.1) is 0 Å². The second-order valence-electron chi connectivity index (χ2n) is 7.93. The Morgan fingerprint density at radius 3 is 1.67 bits per heavy atom. The van der Waals surface area contributed by atoms with E-state index in [0.717, 1.165) is 12.8 Å². The molecule has 24 heavy (non-hydrogen) atoms. The Bertz CT molecular complexity index is 642. The van der Waals surface area contributed by atoms with Crippen molar-refractivity contribution in [1.82, 2.24) is 21.3 Å². The summed E-state index contributed by atoms with van der Waals surface area (Å²) < 4.78 is 0. The molecule has 128 valence electrons. The number of fused-ring (bicyclic) bond motifs is 8. The summed E-state index contributed by atoms with van der Waals surface area (Å²) in [7, 11) is 0. The van der Waals surface area contributed by atoms with E-state index in [-0.39, 0.29) is 0 Å². The first-order chi connectivity index (χ1) is 11.8. The lowest BCUT2D eigenvalue weighted by Crippen LogP contribution is -2.29. The summed E-state index contributed by atoms with van der Waals surface area (Å²) in [6.45, 7) is 0. The molecule has 0 radical (unpaired) electrons. The molecule has 4 saturated heterocycles. The third-order valence-corrected chi connectivity index (χ3v) is 6.00. The van der Waals surface area contributed by atoms with Crippen molar-refractivity contribution in [2.45, 2.75) is 75.5 Å². The lowest BCUT2D eigenvalue weighted by Gasteiger charge is -2.13. The molecular formula is C20H28N4. The second kappa shape index (κ2) is 5.99. The van der Waals surface area contributed by atoms with Crippen LogP contribution < -0.4 is 21.3 Å². The number of allylic oxidation sites excluding steroid dienone is 4. The summed E-state index contributed by atoms with van der Waals surface area (Å²) in [5.41, 5.74) is 5.68. The fraction of sp³-hybridized carbons (Fsp3) is 0.600. The number of rotatable bonds is 0. The molecule has 0 aromatic rings. The zero-order valence-corrected chi connectivity index (χ0v) is 14.3. The van der Waals surface area contributed by atoms with E-state index < -0.39 is 0 Å². The molecule has 4 atom stereocenters. The predicted octanol–water partition coefficient (Wildman–Crippen LogP) is 2.54. The van der Waals surface area contributed by atoms with Crippen molar-refractivity contribution in [2.24, 2.45) is 0 Å². The molecule has 5 rings (SSSR count). The van der Waals surface area contributed by atoms with E-state index in [2.05, 4.69) is 45.6 Å². The quantitative estimate of drug-likeness (QED) is 0.553. The SMILES string of the molecule is C1=C2/CC/C(=C/C3CCC(/C=C4/CCC(/C=C5/CCC/1N5)N4)N3)N2. The van der Waals surface area contributed by atoms with Gasteiger partial charge in [-0.25, -0.2) is 0 Å². The van der Waals surface area contributed by atoms with Gasteiger partial charge < -0.3 is 21.3 Å². The Hall–Kier alpha value is -1.68. The van der Waals surface area contributed by atoms with E-state index in [9.17, 15) is 0 Å². The van der Waals surface area contributed by atoms with Gasteiger partial charge in [0.1, 0.15) is 0 Å². The van der Waals surface area contributed by atoms with E-state index in [1.807, 2.05) is 0 Å². The molecule has 4 N–H and O–H groups in total. The van der Waals surface area contributed by atoms with Crippen molar-refractivity contribution >= 4 is 0 Å². The minimum Gasteiger partial charge on any atom is -0.382 e. The van der Waals surface area contributed by atoms with Crippen molar-refractivity contribution < 1.29 is 0 Å². The van der Waals surface area contributed by atoms with Crippen LogP contribution in [0.5, 0.6) is 0 Å². The standard InChI is InChI=1S/C20H28N4/c1-2-14-10-16-5-6-18(23-16)12-20-8-7-19(24-20)11-17-4-3-15(22-17)9-13(1)21-14/h9-14,17,20-24H,1-8H2/b15-9-,16-10-,18-12-,19-11-. The molecule has 4 unspecified atom stereocenters. The van der Waals surface area contributed by atoms with Gasteiger partial charge in [-0.15, -0.1) is 0 Å². The molecule has 0 aliphatic carbocycles. The monoisotopic (exact) mass is 324 g/mol. The number of nitrogens with one attached hydrogen (secondary N) is 4. The zero-order valence-electron chi connectivity index (χ0n) is 14.3. The van der Waals surface area contributed by atoms with E-state index in [1.165, 1.54) is 61.3 Å². The first-order valence-electron chi connectivity index (χ1n) is 9.69. The maximum absolute atomic E-state index is 3.79. The van der Waals surface area contributed by atoms with Crippen LogP contribution in [0, 0.1) is 0 Å². The van der Waals surface area contributed by atoms with Gasteiger partial charge in [0.25, 0.3) is 0 Å². The van der Waals surface area contributed by atoms with Crippen molar-refractivity contribution in [2.75, 3.05) is 0 Å². The maximum atomic E-state index is 3.79. The van der Waals surface area contributed by atoms with Crippen LogP contribution in [0.1, 0.15) is 51.4 Å². The van der Waals surface area contributed by atoms with Crippen LogP contribution >= 0.6 is 0 Å². The fourth-order valence-electron chi connectivity index (χ4n) is 4.79. The topological polar surface area (TPSA) is 48.1 Å². The van der Waals surface area contributed by atoms with Gasteiger partial charge in [-0.05, 0) is 75.7 Å². The van der Waals surface area contributed by atoms with Gasteiger partial charge in [-0.1, -0.05) is 0 Å². The first kappa shape index (κ1) is 14.6. The van der Waals surface area contributed by atoms with Gasteiger partial charge in [0.2, 0.25) is 0 Å².